The summed E-state index contributed by atoms with van der Waals surface area (Å²) >= 11 is 0. The van der Waals surface area contributed by atoms with Gasteiger partial charge in [-0.1, -0.05) is 53.1 Å². The fourth-order valence-electron chi connectivity index (χ4n) is 4.43. The zero-order valence-corrected chi connectivity index (χ0v) is 19.3. The smallest absolute Gasteiger partial charge is 0.434 e. The number of nitrogens with zero attached hydrogens (tertiary/aromatic N) is 9. The van der Waals surface area contributed by atoms with Crippen molar-refractivity contribution in [3.8, 4) is 0 Å². The van der Waals surface area contributed by atoms with E-state index in [2.05, 4.69) is 30.9 Å². The Hall–Kier alpha value is -4.95. The van der Waals surface area contributed by atoms with Crippen molar-refractivity contribution in [3.63, 3.8) is 0 Å². The Morgan fingerprint density at radius 2 is 0.861 bits per heavy atom. The first-order chi connectivity index (χ1) is 17.1. The third-order valence-corrected chi connectivity index (χ3v) is 6.21. The van der Waals surface area contributed by atoms with Gasteiger partial charge in [0.15, 0.2) is 0 Å². The van der Waals surface area contributed by atoms with Gasteiger partial charge in [0.2, 0.25) is 0 Å². The van der Waals surface area contributed by atoms with E-state index < -0.39 is 18.3 Å². The maximum absolute atomic E-state index is 11.6. The normalized spacial score (nSPS) is 19.8. The van der Waals surface area contributed by atoms with Crippen molar-refractivity contribution >= 4 is 36.5 Å². The van der Waals surface area contributed by atoms with E-state index in [0.29, 0.717) is 0 Å². The van der Waals surface area contributed by atoms with Gasteiger partial charge >= 0.3 is 18.3 Å². The summed E-state index contributed by atoms with van der Waals surface area (Å²) in [5.74, 6) is -0.822. The minimum Gasteiger partial charge on any atom is -0.463 e. The lowest BCUT2D eigenvalue weighted by Gasteiger charge is -2.38. The van der Waals surface area contributed by atoms with Crippen molar-refractivity contribution in [3.05, 3.63) is 52.4 Å². The molecule has 0 amide bonds. The average molecular weight is 495 g/mol. The summed E-state index contributed by atoms with van der Waals surface area (Å²) in [6, 6.07) is 0. The molecule has 4 rings (SSSR count). The van der Waals surface area contributed by atoms with Gasteiger partial charge in [-0.2, -0.15) is 0 Å². The summed E-state index contributed by atoms with van der Waals surface area (Å²) in [6.07, 6.45) is 5.03. The number of carbonyl (C=O) groups is 3. The lowest BCUT2D eigenvalue weighted by Crippen LogP contribution is -2.27. The maximum atomic E-state index is 11.6. The van der Waals surface area contributed by atoms with Gasteiger partial charge in [-0.3, -0.25) is 0 Å². The molecule has 3 aromatic rings. The van der Waals surface area contributed by atoms with Gasteiger partial charge in [0.25, 0.3) is 0 Å². The fourth-order valence-corrected chi connectivity index (χ4v) is 4.43. The number of aromatic nitrogens is 9. The quantitative estimate of drug-likeness (QED) is 0.479. The molecule has 15 nitrogen and oxygen atoms in total. The molecule has 186 valence electrons. The van der Waals surface area contributed by atoms with Crippen LogP contribution in [0, 0.1) is 17.8 Å². The van der Waals surface area contributed by atoms with Crippen LogP contribution in [0.4, 0.5) is 14.4 Å². The molecule has 1 fully saturated rings. The molecule has 0 bridgehead atoms. The Balaban J connectivity index is 1.91. The summed E-state index contributed by atoms with van der Waals surface area (Å²) < 4.78 is 2.22. The minimum absolute atomic E-state index is 0.235. The standard InChI is InChI=1S/C21H21N9O6/c1-10-16(4-13-7-22-25-28(13)19(31)32)11(2)18(6-15-9-24-27-30(15)21(35)36)12(3)17(10)5-14-8-23-26-29(14)20(33)34/h4-12H,1-3H3,(H,31,32)(H,33,34)(H,35,36). The summed E-state index contributed by atoms with van der Waals surface area (Å²) in [6.45, 7) is 5.73. The lowest BCUT2D eigenvalue weighted by molar-refractivity contribution is 0.190. The highest BCUT2D eigenvalue weighted by atomic mass is 16.4. The summed E-state index contributed by atoms with van der Waals surface area (Å²) in [5, 5.41) is 50.1. The molecule has 1 aliphatic carbocycles. The van der Waals surface area contributed by atoms with Gasteiger partial charge in [-0.15, -0.1) is 29.3 Å². The second-order valence-electron chi connectivity index (χ2n) is 8.16. The molecule has 15 heteroatoms. The molecular formula is C21H21N9O6. The minimum atomic E-state index is -1.30. The van der Waals surface area contributed by atoms with Crippen LogP contribution in [0.1, 0.15) is 37.9 Å². The molecule has 3 heterocycles. The van der Waals surface area contributed by atoms with E-state index >= 15 is 0 Å². The summed E-state index contributed by atoms with van der Waals surface area (Å²) in [4.78, 5) is 34.7. The number of hydrogen-bond acceptors (Lipinski definition) is 9. The number of hydrogen-bond donors (Lipinski definition) is 3. The van der Waals surface area contributed by atoms with Gasteiger partial charge in [-0.05, 0) is 36.0 Å². The molecule has 1 saturated carbocycles. The SMILES string of the molecule is CC1C(=Cc2cnnn2C(=O)O)C(C)C(=Cc2cnnn2C(=O)O)C(C)C1=Cc1cnnn1C(=O)O. The second-order valence-corrected chi connectivity index (χ2v) is 8.16. The first kappa shape index (κ1) is 24.2. The lowest BCUT2D eigenvalue weighted by atomic mass is 9.66. The van der Waals surface area contributed by atoms with Crippen LogP contribution in [0.25, 0.3) is 18.2 Å². The van der Waals surface area contributed by atoms with E-state index in [-0.39, 0.29) is 34.8 Å². The van der Waals surface area contributed by atoms with Crippen LogP contribution < -0.4 is 0 Å². The van der Waals surface area contributed by atoms with Crippen LogP contribution in [-0.2, 0) is 0 Å². The van der Waals surface area contributed by atoms with Crippen molar-refractivity contribution < 1.29 is 29.7 Å². The molecule has 36 heavy (non-hydrogen) atoms. The monoisotopic (exact) mass is 495 g/mol. The highest BCUT2D eigenvalue weighted by molar-refractivity contribution is 5.75. The van der Waals surface area contributed by atoms with Gasteiger partial charge in [0, 0.05) is 0 Å². The Kier molecular flexibility index (Phi) is 6.29. The van der Waals surface area contributed by atoms with E-state index in [0.717, 1.165) is 30.8 Å². The molecule has 0 atom stereocenters. The first-order valence-corrected chi connectivity index (χ1v) is 10.7. The van der Waals surface area contributed by atoms with Gasteiger partial charge < -0.3 is 15.3 Å². The molecule has 1 aliphatic rings. The predicted molar refractivity (Wildman–Crippen MR) is 122 cm³/mol. The van der Waals surface area contributed by atoms with Gasteiger partial charge in [0.1, 0.15) is 0 Å². The van der Waals surface area contributed by atoms with Crippen LogP contribution in [0.3, 0.4) is 0 Å². The first-order valence-electron chi connectivity index (χ1n) is 10.7. The van der Waals surface area contributed by atoms with Crippen LogP contribution >= 0.6 is 0 Å². The highest BCUT2D eigenvalue weighted by Gasteiger charge is 2.35. The molecule has 0 radical (unpaired) electrons. The second kappa shape index (κ2) is 9.36. The van der Waals surface area contributed by atoms with Crippen molar-refractivity contribution in [1.82, 2.24) is 45.0 Å². The number of rotatable bonds is 3. The largest absolute Gasteiger partial charge is 0.463 e. The zero-order chi connectivity index (χ0) is 26.1. The fraction of sp³-hybridized carbons (Fsp3) is 0.286. The summed E-state index contributed by atoms with van der Waals surface area (Å²) in [5.41, 5.74) is 3.04. The molecule has 0 spiro atoms. The zero-order valence-electron chi connectivity index (χ0n) is 19.3. The molecular weight excluding hydrogens is 474 g/mol. The van der Waals surface area contributed by atoms with Crippen LogP contribution in [0.15, 0.2) is 35.3 Å². The molecule has 3 aromatic heterocycles. The van der Waals surface area contributed by atoms with Crippen molar-refractivity contribution in [2.75, 3.05) is 0 Å². The molecule has 0 aromatic carbocycles. The van der Waals surface area contributed by atoms with E-state index in [1.807, 2.05) is 20.8 Å². The van der Waals surface area contributed by atoms with E-state index in [1.54, 1.807) is 18.2 Å². The summed E-state index contributed by atoms with van der Waals surface area (Å²) in [7, 11) is 0. The highest BCUT2D eigenvalue weighted by Crippen LogP contribution is 2.47. The van der Waals surface area contributed by atoms with Crippen LogP contribution in [0.5, 0.6) is 0 Å². The van der Waals surface area contributed by atoms with Crippen LogP contribution in [0.2, 0.25) is 0 Å². The third-order valence-electron chi connectivity index (χ3n) is 6.21. The van der Waals surface area contributed by atoms with Gasteiger partial charge in [-0.25, -0.2) is 14.4 Å². The van der Waals surface area contributed by atoms with Gasteiger partial charge in [0.05, 0.1) is 35.7 Å². The molecule has 0 saturated heterocycles. The van der Waals surface area contributed by atoms with E-state index in [9.17, 15) is 29.7 Å². The van der Waals surface area contributed by atoms with Crippen molar-refractivity contribution in [2.45, 2.75) is 20.8 Å². The van der Waals surface area contributed by atoms with E-state index in [4.69, 9.17) is 0 Å². The molecule has 0 aliphatic heterocycles. The predicted octanol–water partition coefficient (Wildman–Crippen LogP) is 2.51. The Bertz CT molecular complexity index is 1250. The number of allylic oxidation sites excluding steroid dienone is 3. The molecule has 0 unspecified atom stereocenters. The van der Waals surface area contributed by atoms with Crippen LogP contribution in [-0.4, -0.2) is 78.6 Å². The third kappa shape index (κ3) is 4.28. The Labute approximate surface area is 202 Å². The maximum Gasteiger partial charge on any atom is 0.434 e. The topological polar surface area (TPSA) is 204 Å². The molecule has 3 N–H and O–H groups in total. The van der Waals surface area contributed by atoms with Crippen molar-refractivity contribution in [2.24, 2.45) is 17.8 Å². The number of carboxylic acid groups (broad SMARTS) is 3. The Morgan fingerprint density at radius 3 is 1.08 bits per heavy atom. The average Bonchev–Trinajstić information content (AvgIpc) is 3.57. The van der Waals surface area contributed by atoms with Crippen molar-refractivity contribution in [1.29, 1.82) is 0 Å². The van der Waals surface area contributed by atoms with E-state index in [1.165, 1.54) is 18.6 Å². The Morgan fingerprint density at radius 1 is 0.611 bits per heavy atom.